The molecule has 2 amide bonds. The third-order valence-corrected chi connectivity index (χ3v) is 6.63. The molecule has 1 aromatic heterocycles. The van der Waals surface area contributed by atoms with Crippen molar-refractivity contribution < 1.29 is 14.3 Å². The molecule has 2 unspecified atom stereocenters. The van der Waals surface area contributed by atoms with Gasteiger partial charge in [0, 0.05) is 31.6 Å². The number of carbonyl (C=O) groups is 2. The lowest BCUT2D eigenvalue weighted by atomic mass is 9.99. The standard InChI is InChI=1S/C25H34N4O3/c1-18-8-10-20(11-9-18)24(25(31)27-15-22-7-4-12-32-22)29(16-19-5-2-3-6-19)23(30)13-21-14-26-17-28-21/h8-11,14,17,19,22,24H,2-7,12-13,15-16H2,1H3,(H,26,28)(H,27,31). The van der Waals surface area contributed by atoms with Gasteiger partial charge >= 0.3 is 0 Å². The molecule has 2 aromatic rings. The Morgan fingerprint density at radius 3 is 2.62 bits per heavy atom. The van der Waals surface area contributed by atoms with E-state index in [1.54, 1.807) is 17.4 Å². The van der Waals surface area contributed by atoms with Crippen molar-refractivity contribution in [2.24, 2.45) is 5.92 Å². The second-order valence-corrected chi connectivity index (χ2v) is 9.14. The highest BCUT2D eigenvalue weighted by atomic mass is 16.5. The van der Waals surface area contributed by atoms with Gasteiger partial charge in [0.25, 0.3) is 0 Å². The van der Waals surface area contributed by atoms with Crippen LogP contribution in [-0.2, 0) is 20.7 Å². The maximum Gasteiger partial charge on any atom is 0.247 e. The number of ether oxygens (including phenoxy) is 1. The molecule has 7 heteroatoms. The molecule has 1 aliphatic heterocycles. The van der Waals surface area contributed by atoms with Crippen LogP contribution in [0.4, 0.5) is 0 Å². The number of benzene rings is 1. The van der Waals surface area contributed by atoms with E-state index in [9.17, 15) is 9.59 Å². The normalized spacial score (nSPS) is 19.7. The molecule has 1 aromatic carbocycles. The predicted octanol–water partition coefficient (Wildman–Crippen LogP) is 3.32. The molecule has 172 valence electrons. The molecule has 0 spiro atoms. The van der Waals surface area contributed by atoms with Gasteiger partial charge in [-0.25, -0.2) is 4.98 Å². The van der Waals surface area contributed by atoms with Crippen LogP contribution < -0.4 is 5.32 Å². The van der Waals surface area contributed by atoms with E-state index >= 15 is 0 Å². The third-order valence-electron chi connectivity index (χ3n) is 6.63. The topological polar surface area (TPSA) is 87.3 Å². The molecule has 2 heterocycles. The average Bonchev–Trinajstić information content (AvgIpc) is 3.57. The van der Waals surface area contributed by atoms with Crippen molar-refractivity contribution in [3.8, 4) is 0 Å². The number of hydrogen-bond acceptors (Lipinski definition) is 4. The minimum Gasteiger partial charge on any atom is -0.376 e. The quantitative estimate of drug-likeness (QED) is 0.629. The van der Waals surface area contributed by atoms with E-state index in [0.29, 0.717) is 19.0 Å². The maximum absolute atomic E-state index is 13.5. The van der Waals surface area contributed by atoms with Gasteiger partial charge < -0.3 is 19.9 Å². The Kier molecular flexibility index (Phi) is 7.58. The molecule has 2 N–H and O–H groups in total. The third kappa shape index (κ3) is 5.76. The molecule has 1 saturated carbocycles. The van der Waals surface area contributed by atoms with Crippen LogP contribution in [0.3, 0.4) is 0 Å². The Balaban J connectivity index is 1.59. The van der Waals surface area contributed by atoms with Crippen molar-refractivity contribution in [1.29, 1.82) is 0 Å². The van der Waals surface area contributed by atoms with E-state index in [1.807, 2.05) is 31.2 Å². The second-order valence-electron chi connectivity index (χ2n) is 9.14. The van der Waals surface area contributed by atoms with Crippen LogP contribution in [0.25, 0.3) is 0 Å². The fourth-order valence-corrected chi connectivity index (χ4v) is 4.81. The number of carbonyl (C=O) groups excluding carboxylic acids is 2. The molecule has 2 fully saturated rings. The SMILES string of the molecule is Cc1ccc(C(C(=O)NCC2CCCO2)N(CC2CCCC2)C(=O)Cc2cnc[nH]2)cc1. The summed E-state index contributed by atoms with van der Waals surface area (Å²) in [6, 6.07) is 7.28. The minimum atomic E-state index is -0.659. The zero-order chi connectivity index (χ0) is 22.3. The van der Waals surface area contributed by atoms with Gasteiger partial charge in [0.15, 0.2) is 0 Å². The first kappa shape index (κ1) is 22.5. The fourth-order valence-electron chi connectivity index (χ4n) is 4.81. The molecule has 1 aliphatic carbocycles. The fraction of sp³-hybridized carbons (Fsp3) is 0.560. The number of amides is 2. The number of aryl methyl sites for hydroxylation is 1. The second kappa shape index (κ2) is 10.8. The molecule has 0 bridgehead atoms. The summed E-state index contributed by atoms with van der Waals surface area (Å²) in [5.74, 6) is 0.235. The van der Waals surface area contributed by atoms with E-state index in [2.05, 4.69) is 15.3 Å². The van der Waals surface area contributed by atoms with Gasteiger partial charge in [-0.15, -0.1) is 0 Å². The van der Waals surface area contributed by atoms with Crippen LogP contribution in [-0.4, -0.2) is 52.5 Å². The summed E-state index contributed by atoms with van der Waals surface area (Å²) in [7, 11) is 0. The van der Waals surface area contributed by atoms with E-state index in [0.717, 1.165) is 49.1 Å². The molecule has 32 heavy (non-hydrogen) atoms. The Hall–Kier alpha value is -2.67. The Morgan fingerprint density at radius 2 is 1.97 bits per heavy atom. The van der Waals surface area contributed by atoms with Gasteiger partial charge in [0.1, 0.15) is 6.04 Å². The van der Waals surface area contributed by atoms with Crippen molar-refractivity contribution in [2.45, 2.75) is 64.0 Å². The number of imidazole rings is 1. The van der Waals surface area contributed by atoms with Gasteiger partial charge in [-0.1, -0.05) is 42.7 Å². The Labute approximate surface area is 189 Å². The van der Waals surface area contributed by atoms with E-state index in [4.69, 9.17) is 4.74 Å². The summed E-state index contributed by atoms with van der Waals surface area (Å²) in [5.41, 5.74) is 2.73. The number of aromatic nitrogens is 2. The average molecular weight is 439 g/mol. The lowest BCUT2D eigenvalue weighted by Crippen LogP contribution is -2.47. The maximum atomic E-state index is 13.5. The smallest absolute Gasteiger partial charge is 0.247 e. The van der Waals surface area contributed by atoms with Crippen LogP contribution in [0, 0.1) is 12.8 Å². The first-order chi connectivity index (χ1) is 15.6. The summed E-state index contributed by atoms with van der Waals surface area (Å²) in [6.45, 7) is 3.85. The highest BCUT2D eigenvalue weighted by molar-refractivity contribution is 5.89. The molecule has 7 nitrogen and oxygen atoms in total. The van der Waals surface area contributed by atoms with Crippen molar-refractivity contribution in [3.05, 3.63) is 53.6 Å². The van der Waals surface area contributed by atoms with Gasteiger partial charge in [0.05, 0.1) is 18.9 Å². The summed E-state index contributed by atoms with van der Waals surface area (Å²) in [5, 5.41) is 3.08. The molecule has 2 aliphatic rings. The van der Waals surface area contributed by atoms with Crippen molar-refractivity contribution in [3.63, 3.8) is 0 Å². The molecule has 2 atom stereocenters. The van der Waals surface area contributed by atoms with Crippen LogP contribution in [0.1, 0.15) is 61.4 Å². The zero-order valence-corrected chi connectivity index (χ0v) is 18.9. The predicted molar refractivity (Wildman–Crippen MR) is 122 cm³/mol. The lowest BCUT2D eigenvalue weighted by molar-refractivity contribution is -0.141. The number of aromatic amines is 1. The molecule has 0 radical (unpaired) electrons. The first-order valence-corrected chi connectivity index (χ1v) is 11.8. The van der Waals surface area contributed by atoms with Crippen molar-refractivity contribution in [2.75, 3.05) is 19.7 Å². The van der Waals surface area contributed by atoms with Gasteiger partial charge in [0.2, 0.25) is 11.8 Å². The number of hydrogen-bond donors (Lipinski definition) is 2. The highest BCUT2D eigenvalue weighted by Crippen LogP contribution is 2.30. The van der Waals surface area contributed by atoms with E-state index in [-0.39, 0.29) is 24.3 Å². The molecular formula is C25H34N4O3. The number of nitrogens with zero attached hydrogens (tertiary/aromatic N) is 2. The summed E-state index contributed by atoms with van der Waals surface area (Å²) < 4.78 is 5.68. The number of nitrogens with one attached hydrogen (secondary N) is 2. The van der Waals surface area contributed by atoms with Gasteiger partial charge in [-0.3, -0.25) is 9.59 Å². The van der Waals surface area contributed by atoms with Gasteiger partial charge in [-0.05, 0) is 44.1 Å². The zero-order valence-electron chi connectivity index (χ0n) is 18.9. The largest absolute Gasteiger partial charge is 0.376 e. The Bertz CT molecular complexity index is 869. The Morgan fingerprint density at radius 1 is 1.19 bits per heavy atom. The molecule has 1 saturated heterocycles. The van der Waals surface area contributed by atoms with Crippen LogP contribution in [0.5, 0.6) is 0 Å². The highest BCUT2D eigenvalue weighted by Gasteiger charge is 2.34. The molecule has 4 rings (SSSR count). The number of rotatable bonds is 9. The van der Waals surface area contributed by atoms with Crippen LogP contribution >= 0.6 is 0 Å². The summed E-state index contributed by atoms with van der Waals surface area (Å²) in [4.78, 5) is 35.9. The first-order valence-electron chi connectivity index (χ1n) is 11.8. The van der Waals surface area contributed by atoms with Crippen molar-refractivity contribution >= 4 is 11.8 Å². The van der Waals surface area contributed by atoms with Crippen molar-refractivity contribution in [1.82, 2.24) is 20.2 Å². The van der Waals surface area contributed by atoms with Crippen LogP contribution in [0.2, 0.25) is 0 Å². The van der Waals surface area contributed by atoms with E-state index in [1.165, 1.54) is 12.8 Å². The van der Waals surface area contributed by atoms with Gasteiger partial charge in [-0.2, -0.15) is 0 Å². The monoisotopic (exact) mass is 438 g/mol. The number of H-pyrrole nitrogens is 1. The summed E-state index contributed by atoms with van der Waals surface area (Å²) in [6.07, 6.45) is 10.1. The van der Waals surface area contributed by atoms with Crippen LogP contribution in [0.15, 0.2) is 36.8 Å². The molecular weight excluding hydrogens is 404 g/mol. The van der Waals surface area contributed by atoms with E-state index < -0.39 is 6.04 Å². The summed E-state index contributed by atoms with van der Waals surface area (Å²) >= 11 is 0. The minimum absolute atomic E-state index is 0.0565. The lowest BCUT2D eigenvalue weighted by Gasteiger charge is -2.33.